The van der Waals surface area contributed by atoms with Crippen LogP contribution in [0.25, 0.3) is 10.9 Å². The molecule has 0 spiro atoms. The Kier molecular flexibility index (Phi) is 4.50. The van der Waals surface area contributed by atoms with E-state index in [0.29, 0.717) is 18.7 Å². The number of rotatable bonds is 6. The van der Waals surface area contributed by atoms with Crippen molar-refractivity contribution in [3.63, 3.8) is 0 Å². The van der Waals surface area contributed by atoms with E-state index in [0.717, 1.165) is 16.7 Å². The van der Waals surface area contributed by atoms with Crippen molar-refractivity contribution in [2.45, 2.75) is 32.9 Å². The zero-order valence-corrected chi connectivity index (χ0v) is 14.1. The summed E-state index contributed by atoms with van der Waals surface area (Å²) in [4.78, 5) is 12.1. The standard InChI is InChI=1S/C17H21N5O2/c1-12(2)22-11-14(10-19-22)20-17(23)6-7-21-16-5-4-15(24-3)8-13(16)9-18-21/h4-5,8-12H,6-7H2,1-3H3,(H,20,23). The van der Waals surface area contributed by atoms with E-state index in [-0.39, 0.29) is 11.9 Å². The molecular weight excluding hydrogens is 306 g/mol. The average molecular weight is 327 g/mol. The number of benzene rings is 1. The quantitative estimate of drug-likeness (QED) is 0.755. The molecule has 1 N–H and O–H groups in total. The summed E-state index contributed by atoms with van der Waals surface area (Å²) in [6, 6.07) is 6.04. The van der Waals surface area contributed by atoms with E-state index in [2.05, 4.69) is 15.5 Å². The summed E-state index contributed by atoms with van der Waals surface area (Å²) in [5.41, 5.74) is 1.69. The number of hydrogen-bond acceptors (Lipinski definition) is 4. The lowest BCUT2D eigenvalue weighted by molar-refractivity contribution is -0.116. The van der Waals surface area contributed by atoms with Gasteiger partial charge in [0, 0.05) is 24.0 Å². The highest BCUT2D eigenvalue weighted by Gasteiger charge is 2.09. The number of amides is 1. The van der Waals surface area contributed by atoms with Gasteiger partial charge < -0.3 is 10.1 Å². The van der Waals surface area contributed by atoms with Crippen LogP contribution in [0.15, 0.2) is 36.8 Å². The minimum atomic E-state index is -0.0598. The predicted octanol–water partition coefficient (Wildman–Crippen LogP) is 2.85. The number of carbonyl (C=O) groups excluding carboxylic acids is 1. The molecule has 24 heavy (non-hydrogen) atoms. The van der Waals surface area contributed by atoms with Crippen LogP contribution in [0.1, 0.15) is 26.3 Å². The summed E-state index contributed by atoms with van der Waals surface area (Å²) < 4.78 is 8.84. The maximum Gasteiger partial charge on any atom is 0.226 e. The Balaban J connectivity index is 1.61. The number of anilines is 1. The first-order chi connectivity index (χ1) is 11.6. The second-order valence-corrected chi connectivity index (χ2v) is 5.89. The molecule has 1 aromatic carbocycles. The number of nitrogens with zero attached hydrogens (tertiary/aromatic N) is 4. The van der Waals surface area contributed by atoms with Gasteiger partial charge >= 0.3 is 0 Å². The number of hydrogen-bond donors (Lipinski definition) is 1. The van der Waals surface area contributed by atoms with Gasteiger partial charge in [0.15, 0.2) is 0 Å². The van der Waals surface area contributed by atoms with Gasteiger partial charge in [-0.15, -0.1) is 0 Å². The van der Waals surface area contributed by atoms with Crippen LogP contribution in [-0.4, -0.2) is 32.6 Å². The van der Waals surface area contributed by atoms with Crippen molar-refractivity contribution in [1.82, 2.24) is 19.6 Å². The molecule has 0 aliphatic heterocycles. The third kappa shape index (κ3) is 3.40. The molecule has 0 aliphatic carbocycles. The van der Waals surface area contributed by atoms with Crippen molar-refractivity contribution in [2.24, 2.45) is 0 Å². The molecule has 126 valence electrons. The summed E-state index contributed by atoms with van der Waals surface area (Å²) in [7, 11) is 1.64. The first-order valence-electron chi connectivity index (χ1n) is 7.90. The van der Waals surface area contributed by atoms with Crippen LogP contribution >= 0.6 is 0 Å². The topological polar surface area (TPSA) is 74.0 Å². The molecule has 3 aromatic rings. The molecule has 0 fully saturated rings. The molecule has 2 aromatic heterocycles. The lowest BCUT2D eigenvalue weighted by Gasteiger charge is -2.06. The Morgan fingerprint density at radius 2 is 2.12 bits per heavy atom. The summed E-state index contributed by atoms with van der Waals surface area (Å²) in [6.07, 6.45) is 5.61. The maximum absolute atomic E-state index is 12.1. The predicted molar refractivity (Wildman–Crippen MR) is 92.1 cm³/mol. The normalized spacial score (nSPS) is 11.2. The zero-order valence-electron chi connectivity index (χ0n) is 14.1. The smallest absolute Gasteiger partial charge is 0.226 e. The fraction of sp³-hybridized carbons (Fsp3) is 0.353. The maximum atomic E-state index is 12.1. The number of carbonyl (C=O) groups is 1. The van der Waals surface area contributed by atoms with Crippen LogP contribution < -0.4 is 10.1 Å². The van der Waals surface area contributed by atoms with E-state index in [1.807, 2.05) is 47.6 Å². The third-order valence-electron chi connectivity index (χ3n) is 3.81. The molecule has 0 bridgehead atoms. The SMILES string of the molecule is COc1ccc2c(cnn2CCC(=O)Nc2cnn(C(C)C)c2)c1. The van der Waals surface area contributed by atoms with Crippen molar-refractivity contribution in [3.8, 4) is 5.75 Å². The molecule has 0 atom stereocenters. The van der Waals surface area contributed by atoms with Gasteiger partial charge in [-0.25, -0.2) is 0 Å². The molecule has 2 heterocycles. The fourth-order valence-corrected chi connectivity index (χ4v) is 2.49. The van der Waals surface area contributed by atoms with Crippen LogP contribution in [-0.2, 0) is 11.3 Å². The Morgan fingerprint density at radius 3 is 2.83 bits per heavy atom. The molecule has 0 saturated carbocycles. The lowest BCUT2D eigenvalue weighted by Crippen LogP contribution is -2.14. The van der Waals surface area contributed by atoms with Crippen molar-refractivity contribution in [2.75, 3.05) is 12.4 Å². The monoisotopic (exact) mass is 327 g/mol. The zero-order chi connectivity index (χ0) is 17.1. The summed E-state index contributed by atoms with van der Waals surface area (Å²) in [6.45, 7) is 4.59. The van der Waals surface area contributed by atoms with Crippen LogP contribution in [0.3, 0.4) is 0 Å². The first-order valence-corrected chi connectivity index (χ1v) is 7.90. The second kappa shape index (κ2) is 6.74. The van der Waals surface area contributed by atoms with Gasteiger partial charge in [-0.1, -0.05) is 0 Å². The van der Waals surface area contributed by atoms with Gasteiger partial charge in [0.2, 0.25) is 5.91 Å². The van der Waals surface area contributed by atoms with E-state index in [1.165, 1.54) is 0 Å². The van der Waals surface area contributed by atoms with E-state index >= 15 is 0 Å². The van der Waals surface area contributed by atoms with E-state index in [9.17, 15) is 4.79 Å². The number of ether oxygens (including phenoxy) is 1. The fourth-order valence-electron chi connectivity index (χ4n) is 2.49. The average Bonchev–Trinajstić information content (AvgIpc) is 3.19. The van der Waals surface area contributed by atoms with Crippen LogP contribution in [0, 0.1) is 0 Å². The number of fused-ring (bicyclic) bond motifs is 1. The van der Waals surface area contributed by atoms with E-state index in [4.69, 9.17) is 4.74 Å². The Labute approximate surface area is 140 Å². The molecule has 0 saturated heterocycles. The molecule has 0 unspecified atom stereocenters. The van der Waals surface area contributed by atoms with Crippen molar-refractivity contribution in [1.29, 1.82) is 0 Å². The summed E-state index contributed by atoms with van der Waals surface area (Å²) >= 11 is 0. The number of nitrogens with one attached hydrogen (secondary N) is 1. The molecule has 7 nitrogen and oxygen atoms in total. The lowest BCUT2D eigenvalue weighted by atomic mass is 10.2. The van der Waals surface area contributed by atoms with Crippen molar-refractivity contribution >= 4 is 22.5 Å². The second-order valence-electron chi connectivity index (χ2n) is 5.89. The molecule has 7 heteroatoms. The Bertz CT molecular complexity index is 850. The minimum absolute atomic E-state index is 0.0598. The van der Waals surface area contributed by atoms with E-state index in [1.54, 1.807) is 19.5 Å². The van der Waals surface area contributed by atoms with Gasteiger partial charge in [0.05, 0.1) is 37.3 Å². The first kappa shape index (κ1) is 16.0. The van der Waals surface area contributed by atoms with Crippen LogP contribution in [0.2, 0.25) is 0 Å². The largest absolute Gasteiger partial charge is 0.497 e. The third-order valence-corrected chi connectivity index (χ3v) is 3.81. The minimum Gasteiger partial charge on any atom is -0.497 e. The number of aryl methyl sites for hydroxylation is 1. The molecule has 0 aliphatic rings. The van der Waals surface area contributed by atoms with Crippen LogP contribution in [0.5, 0.6) is 5.75 Å². The number of aromatic nitrogens is 4. The van der Waals surface area contributed by atoms with E-state index < -0.39 is 0 Å². The van der Waals surface area contributed by atoms with Crippen molar-refractivity contribution in [3.05, 3.63) is 36.8 Å². The van der Waals surface area contributed by atoms with Gasteiger partial charge in [-0.2, -0.15) is 10.2 Å². The van der Waals surface area contributed by atoms with Crippen molar-refractivity contribution < 1.29 is 9.53 Å². The van der Waals surface area contributed by atoms with Gasteiger partial charge in [0.25, 0.3) is 0 Å². The highest BCUT2D eigenvalue weighted by Crippen LogP contribution is 2.20. The Hall–Kier alpha value is -2.83. The molecule has 1 amide bonds. The molecule has 3 rings (SSSR count). The summed E-state index contributed by atoms with van der Waals surface area (Å²) in [5.74, 6) is 0.734. The van der Waals surface area contributed by atoms with Crippen LogP contribution in [0.4, 0.5) is 5.69 Å². The highest BCUT2D eigenvalue weighted by molar-refractivity contribution is 5.90. The Morgan fingerprint density at radius 1 is 1.29 bits per heavy atom. The molecular formula is C17H21N5O2. The highest BCUT2D eigenvalue weighted by atomic mass is 16.5. The number of methoxy groups -OCH3 is 1. The molecule has 0 radical (unpaired) electrons. The van der Waals surface area contributed by atoms with Gasteiger partial charge in [-0.3, -0.25) is 14.2 Å². The van der Waals surface area contributed by atoms with Gasteiger partial charge in [0.1, 0.15) is 5.75 Å². The van der Waals surface area contributed by atoms with Gasteiger partial charge in [-0.05, 0) is 32.0 Å². The summed E-state index contributed by atoms with van der Waals surface area (Å²) in [5, 5.41) is 12.4.